The summed E-state index contributed by atoms with van der Waals surface area (Å²) < 4.78 is 0. The minimum atomic E-state index is -0.707. The van der Waals surface area contributed by atoms with Gasteiger partial charge in [-0.25, -0.2) is 0 Å². The van der Waals surface area contributed by atoms with Gasteiger partial charge in [0.25, 0.3) is 0 Å². The molecule has 1 aromatic heterocycles. The Bertz CT molecular complexity index is 469. The van der Waals surface area contributed by atoms with Crippen molar-refractivity contribution in [3.8, 4) is 0 Å². The van der Waals surface area contributed by atoms with Crippen LogP contribution in [0.2, 0.25) is 0 Å². The minimum Gasteiger partial charge on any atom is -0.387 e. The van der Waals surface area contributed by atoms with E-state index < -0.39 is 12.1 Å². The third-order valence-electron chi connectivity index (χ3n) is 3.91. The summed E-state index contributed by atoms with van der Waals surface area (Å²) in [4.78, 5) is 23.6. The van der Waals surface area contributed by atoms with Crippen molar-refractivity contribution in [3.05, 3.63) is 22.4 Å². The number of hydrogen-bond donors (Lipinski definition) is 3. The summed E-state index contributed by atoms with van der Waals surface area (Å²) in [5.41, 5.74) is 0.803. The monoisotopic (exact) mass is 310 g/mol. The van der Waals surface area contributed by atoms with Crippen LogP contribution in [0, 0.1) is 5.92 Å². The predicted molar refractivity (Wildman–Crippen MR) is 81.9 cm³/mol. The van der Waals surface area contributed by atoms with E-state index in [4.69, 9.17) is 0 Å². The summed E-state index contributed by atoms with van der Waals surface area (Å²) in [5.74, 6) is -0.195. The Morgan fingerprint density at radius 3 is 2.71 bits per heavy atom. The molecule has 3 N–H and O–H groups in total. The highest BCUT2D eigenvalue weighted by Gasteiger charge is 2.31. The predicted octanol–water partition coefficient (Wildman–Crippen LogP) is 1.59. The number of nitrogens with one attached hydrogen (secondary N) is 2. The van der Waals surface area contributed by atoms with Crippen molar-refractivity contribution in [2.45, 2.75) is 44.8 Å². The molecule has 5 nitrogen and oxygen atoms in total. The Hall–Kier alpha value is -1.40. The average Bonchev–Trinajstić information content (AvgIpc) is 3.13. The summed E-state index contributed by atoms with van der Waals surface area (Å²) in [6, 6.07) is 1.35. The Morgan fingerprint density at radius 2 is 2.14 bits per heavy atom. The fraction of sp³-hybridized carbons (Fsp3) is 0.600. The molecule has 0 saturated heterocycles. The second kappa shape index (κ2) is 7.56. The van der Waals surface area contributed by atoms with Crippen molar-refractivity contribution in [2.75, 3.05) is 6.54 Å². The Morgan fingerprint density at radius 1 is 1.43 bits per heavy atom. The molecule has 116 valence electrons. The second-order valence-electron chi connectivity index (χ2n) is 5.54. The molecule has 2 unspecified atom stereocenters. The maximum atomic E-state index is 12.3. The van der Waals surface area contributed by atoms with Crippen LogP contribution in [0.15, 0.2) is 16.8 Å². The SMILES string of the molecule is CC(=O)NC(C(=O)NCC(O)c1ccsc1)C1CCCC1. The highest BCUT2D eigenvalue weighted by atomic mass is 32.1. The van der Waals surface area contributed by atoms with E-state index in [1.165, 1.54) is 18.3 Å². The first kappa shape index (κ1) is 16.0. The lowest BCUT2D eigenvalue weighted by molar-refractivity contribution is -0.129. The second-order valence-corrected chi connectivity index (χ2v) is 6.32. The van der Waals surface area contributed by atoms with Gasteiger partial charge in [-0.2, -0.15) is 11.3 Å². The van der Waals surface area contributed by atoms with E-state index in [9.17, 15) is 14.7 Å². The zero-order valence-corrected chi connectivity index (χ0v) is 13.0. The highest BCUT2D eigenvalue weighted by Crippen LogP contribution is 2.28. The van der Waals surface area contributed by atoms with Crippen LogP contribution in [-0.2, 0) is 9.59 Å². The highest BCUT2D eigenvalue weighted by molar-refractivity contribution is 7.07. The fourth-order valence-corrected chi connectivity index (χ4v) is 3.50. The molecule has 0 spiro atoms. The lowest BCUT2D eigenvalue weighted by Crippen LogP contribution is -2.50. The standard InChI is InChI=1S/C15H22N2O3S/c1-10(18)17-14(11-4-2-3-5-11)15(20)16-8-13(19)12-6-7-21-9-12/h6-7,9,11,13-14,19H,2-5,8H2,1H3,(H,16,20)(H,17,18). The van der Waals surface area contributed by atoms with Gasteiger partial charge >= 0.3 is 0 Å². The van der Waals surface area contributed by atoms with Crippen LogP contribution < -0.4 is 10.6 Å². The van der Waals surface area contributed by atoms with Crippen LogP contribution in [0.3, 0.4) is 0 Å². The van der Waals surface area contributed by atoms with E-state index in [-0.39, 0.29) is 24.3 Å². The summed E-state index contributed by atoms with van der Waals surface area (Å²) in [7, 11) is 0. The first-order valence-electron chi connectivity index (χ1n) is 7.33. The van der Waals surface area contributed by atoms with Crippen LogP contribution in [0.25, 0.3) is 0 Å². The van der Waals surface area contributed by atoms with E-state index in [2.05, 4.69) is 10.6 Å². The van der Waals surface area contributed by atoms with Crippen molar-refractivity contribution in [1.82, 2.24) is 10.6 Å². The molecule has 1 heterocycles. The molecule has 0 radical (unpaired) electrons. The molecule has 1 fully saturated rings. The Kier molecular flexibility index (Phi) is 5.76. The molecule has 1 aromatic rings. The smallest absolute Gasteiger partial charge is 0.242 e. The number of hydrogen-bond acceptors (Lipinski definition) is 4. The molecule has 6 heteroatoms. The van der Waals surface area contributed by atoms with Crippen molar-refractivity contribution in [3.63, 3.8) is 0 Å². The van der Waals surface area contributed by atoms with Gasteiger partial charge in [0.15, 0.2) is 0 Å². The number of thiophene rings is 1. The summed E-state index contributed by atoms with van der Waals surface area (Å²) in [5, 5.41) is 19.2. The van der Waals surface area contributed by atoms with Gasteiger partial charge in [-0.05, 0) is 41.1 Å². The molecule has 2 rings (SSSR count). The molecule has 0 aromatic carbocycles. The molecular formula is C15H22N2O3S. The van der Waals surface area contributed by atoms with E-state index in [0.29, 0.717) is 0 Å². The molecule has 1 aliphatic carbocycles. The quantitative estimate of drug-likeness (QED) is 0.746. The number of carbonyl (C=O) groups excluding carboxylic acids is 2. The first-order chi connectivity index (χ1) is 10.1. The summed E-state index contributed by atoms with van der Waals surface area (Å²) in [6.07, 6.45) is 3.43. The van der Waals surface area contributed by atoms with Crippen LogP contribution in [0.4, 0.5) is 0 Å². The summed E-state index contributed by atoms with van der Waals surface area (Å²) in [6.45, 7) is 1.59. The Balaban J connectivity index is 1.90. The fourth-order valence-electron chi connectivity index (χ4n) is 2.80. The van der Waals surface area contributed by atoms with Crippen molar-refractivity contribution >= 4 is 23.2 Å². The van der Waals surface area contributed by atoms with E-state index >= 15 is 0 Å². The molecule has 0 aliphatic heterocycles. The van der Waals surface area contributed by atoms with Gasteiger partial charge in [0.2, 0.25) is 11.8 Å². The molecule has 2 amide bonds. The molecule has 1 saturated carbocycles. The molecule has 21 heavy (non-hydrogen) atoms. The van der Waals surface area contributed by atoms with Gasteiger partial charge in [0.05, 0.1) is 6.10 Å². The minimum absolute atomic E-state index is 0.165. The number of carbonyl (C=O) groups is 2. The number of aliphatic hydroxyl groups is 1. The van der Waals surface area contributed by atoms with E-state index in [1.54, 1.807) is 0 Å². The van der Waals surface area contributed by atoms with Gasteiger partial charge in [-0.15, -0.1) is 0 Å². The molecular weight excluding hydrogens is 288 g/mol. The van der Waals surface area contributed by atoms with Gasteiger partial charge in [0.1, 0.15) is 6.04 Å². The van der Waals surface area contributed by atoms with Crippen molar-refractivity contribution in [2.24, 2.45) is 5.92 Å². The van der Waals surface area contributed by atoms with Crippen LogP contribution >= 0.6 is 11.3 Å². The third-order valence-corrected chi connectivity index (χ3v) is 4.61. The zero-order valence-electron chi connectivity index (χ0n) is 12.2. The van der Waals surface area contributed by atoms with Crippen LogP contribution in [-0.4, -0.2) is 29.5 Å². The van der Waals surface area contributed by atoms with Crippen molar-refractivity contribution in [1.29, 1.82) is 0 Å². The normalized spacial score (nSPS) is 18.2. The lowest BCUT2D eigenvalue weighted by Gasteiger charge is -2.24. The van der Waals surface area contributed by atoms with E-state index in [0.717, 1.165) is 31.2 Å². The van der Waals surface area contributed by atoms with Gasteiger partial charge in [-0.3, -0.25) is 9.59 Å². The summed E-state index contributed by atoms with van der Waals surface area (Å²) >= 11 is 1.51. The Labute approximate surface area is 128 Å². The number of rotatable bonds is 6. The van der Waals surface area contributed by atoms with Gasteiger partial charge in [-0.1, -0.05) is 12.8 Å². The molecule has 1 aliphatic rings. The van der Waals surface area contributed by atoms with Crippen LogP contribution in [0.5, 0.6) is 0 Å². The van der Waals surface area contributed by atoms with E-state index in [1.807, 2.05) is 16.8 Å². The van der Waals surface area contributed by atoms with Gasteiger partial charge in [0, 0.05) is 13.5 Å². The number of aliphatic hydroxyl groups excluding tert-OH is 1. The average molecular weight is 310 g/mol. The molecule has 0 bridgehead atoms. The number of amides is 2. The molecule has 2 atom stereocenters. The maximum Gasteiger partial charge on any atom is 0.242 e. The van der Waals surface area contributed by atoms with Crippen molar-refractivity contribution < 1.29 is 14.7 Å². The maximum absolute atomic E-state index is 12.3. The topological polar surface area (TPSA) is 78.4 Å². The first-order valence-corrected chi connectivity index (χ1v) is 8.27. The zero-order chi connectivity index (χ0) is 15.2. The van der Waals surface area contributed by atoms with Crippen LogP contribution in [0.1, 0.15) is 44.3 Å². The largest absolute Gasteiger partial charge is 0.387 e. The lowest BCUT2D eigenvalue weighted by atomic mass is 9.97. The third kappa shape index (κ3) is 4.54. The van der Waals surface area contributed by atoms with Gasteiger partial charge < -0.3 is 15.7 Å².